The van der Waals surface area contributed by atoms with Crippen molar-refractivity contribution in [1.82, 2.24) is 4.98 Å². The normalized spacial score (nSPS) is 10.9. The van der Waals surface area contributed by atoms with Gasteiger partial charge in [0.1, 0.15) is 11.3 Å². The Hall–Kier alpha value is -1.97. The van der Waals surface area contributed by atoms with Crippen molar-refractivity contribution in [2.75, 3.05) is 0 Å². The van der Waals surface area contributed by atoms with Gasteiger partial charge in [-0.05, 0) is 36.4 Å². The Balaban J connectivity index is 2.17. The van der Waals surface area contributed by atoms with Crippen molar-refractivity contribution in [3.63, 3.8) is 0 Å². The van der Waals surface area contributed by atoms with Gasteiger partial charge in [-0.3, -0.25) is 0 Å². The number of aliphatic hydroxyl groups excluding tert-OH is 1. The van der Waals surface area contributed by atoms with Crippen molar-refractivity contribution >= 4 is 40.1 Å². The number of hydrogen-bond donors (Lipinski definition) is 1. The molecule has 0 amide bonds. The number of nitrogens with zero attached hydrogens (tertiary/aromatic N) is 1. The molecule has 0 aliphatic rings. The van der Waals surface area contributed by atoms with E-state index in [0.717, 1.165) is 0 Å². The molecule has 0 atom stereocenters. The summed E-state index contributed by atoms with van der Waals surface area (Å²) in [5.41, 5.74) is 2.42. The molecule has 0 saturated carbocycles. The Labute approximate surface area is 125 Å². The Morgan fingerprint density at radius 2 is 1.95 bits per heavy atom. The van der Waals surface area contributed by atoms with Crippen LogP contribution in [0.4, 0.5) is 0 Å². The van der Waals surface area contributed by atoms with E-state index < -0.39 is 0 Å². The van der Waals surface area contributed by atoms with Gasteiger partial charge in [-0.1, -0.05) is 29.8 Å². The van der Waals surface area contributed by atoms with Gasteiger partial charge < -0.3 is 9.52 Å². The molecule has 0 unspecified atom stereocenters. The van der Waals surface area contributed by atoms with Gasteiger partial charge >= 0.3 is 0 Å². The lowest BCUT2D eigenvalue weighted by Gasteiger charge is -1.99. The Bertz CT molecular complexity index is 824. The van der Waals surface area contributed by atoms with Crippen LogP contribution in [0.15, 0.2) is 47.4 Å². The highest BCUT2D eigenvalue weighted by atomic mass is 35.5. The largest absolute Gasteiger partial charge is 0.508 e. The maximum absolute atomic E-state index is 9.39. The SMILES string of the molecule is C=C(O)c1ccc2nc(-c3cc(Cl)ccc3Cl)oc2c1. The molecule has 0 aliphatic heterocycles. The maximum Gasteiger partial charge on any atom is 0.228 e. The smallest absolute Gasteiger partial charge is 0.228 e. The predicted molar refractivity (Wildman–Crippen MR) is 81.1 cm³/mol. The van der Waals surface area contributed by atoms with Gasteiger partial charge in [0, 0.05) is 10.6 Å². The van der Waals surface area contributed by atoms with Crippen LogP contribution in [0, 0.1) is 0 Å². The van der Waals surface area contributed by atoms with Gasteiger partial charge in [-0.2, -0.15) is 0 Å². The van der Waals surface area contributed by atoms with E-state index in [4.69, 9.17) is 27.6 Å². The van der Waals surface area contributed by atoms with Crippen molar-refractivity contribution in [2.45, 2.75) is 0 Å². The number of hydrogen-bond acceptors (Lipinski definition) is 3. The highest BCUT2D eigenvalue weighted by Gasteiger charge is 2.13. The van der Waals surface area contributed by atoms with E-state index in [-0.39, 0.29) is 5.76 Å². The van der Waals surface area contributed by atoms with E-state index in [2.05, 4.69) is 11.6 Å². The summed E-state index contributed by atoms with van der Waals surface area (Å²) in [4.78, 5) is 4.36. The van der Waals surface area contributed by atoms with Crippen LogP contribution in [0.2, 0.25) is 10.0 Å². The maximum atomic E-state index is 9.39. The standard InChI is InChI=1S/C15H9Cl2NO2/c1-8(19)9-2-5-13-14(6-9)20-15(18-13)11-7-10(16)3-4-12(11)17/h2-7,19H,1H2. The van der Waals surface area contributed by atoms with E-state index in [0.29, 0.717) is 38.2 Å². The lowest BCUT2D eigenvalue weighted by atomic mass is 10.2. The first-order chi connectivity index (χ1) is 9.54. The molecule has 0 radical (unpaired) electrons. The molecule has 5 heteroatoms. The molecule has 1 aromatic heterocycles. The second kappa shape index (κ2) is 4.85. The van der Waals surface area contributed by atoms with Crippen LogP contribution in [0.3, 0.4) is 0 Å². The van der Waals surface area contributed by atoms with Gasteiger partial charge in [0.25, 0.3) is 0 Å². The molecule has 1 N–H and O–H groups in total. The molecular weight excluding hydrogens is 297 g/mol. The molecule has 0 fully saturated rings. The van der Waals surface area contributed by atoms with Crippen molar-refractivity contribution in [2.24, 2.45) is 0 Å². The van der Waals surface area contributed by atoms with Crippen LogP contribution in [0.5, 0.6) is 0 Å². The molecule has 0 spiro atoms. The first-order valence-corrected chi connectivity index (χ1v) is 6.54. The van der Waals surface area contributed by atoms with Crippen molar-refractivity contribution in [1.29, 1.82) is 0 Å². The van der Waals surface area contributed by atoms with E-state index in [1.54, 1.807) is 36.4 Å². The molecule has 3 nitrogen and oxygen atoms in total. The van der Waals surface area contributed by atoms with Gasteiger partial charge in [-0.15, -0.1) is 0 Å². The van der Waals surface area contributed by atoms with Crippen molar-refractivity contribution in [3.8, 4) is 11.5 Å². The first-order valence-electron chi connectivity index (χ1n) is 5.79. The van der Waals surface area contributed by atoms with E-state index in [1.807, 2.05) is 0 Å². The number of fused-ring (bicyclic) bond motifs is 1. The molecule has 1 heterocycles. The number of benzene rings is 2. The zero-order valence-corrected chi connectivity index (χ0v) is 11.7. The molecule has 2 aromatic carbocycles. The van der Waals surface area contributed by atoms with Crippen molar-refractivity contribution < 1.29 is 9.52 Å². The highest BCUT2D eigenvalue weighted by molar-refractivity contribution is 6.35. The Morgan fingerprint density at radius 1 is 1.15 bits per heavy atom. The summed E-state index contributed by atoms with van der Waals surface area (Å²) in [5, 5.41) is 10.5. The second-order valence-electron chi connectivity index (χ2n) is 4.27. The number of rotatable bonds is 2. The lowest BCUT2D eigenvalue weighted by Crippen LogP contribution is -1.80. The zero-order valence-electron chi connectivity index (χ0n) is 10.2. The minimum absolute atomic E-state index is 0.0226. The third-order valence-corrected chi connectivity index (χ3v) is 3.45. The van der Waals surface area contributed by atoms with E-state index in [9.17, 15) is 5.11 Å². The molecule has 0 bridgehead atoms. The van der Waals surface area contributed by atoms with Crippen LogP contribution in [0.1, 0.15) is 5.56 Å². The number of aromatic nitrogens is 1. The topological polar surface area (TPSA) is 46.3 Å². The predicted octanol–water partition coefficient (Wildman–Crippen LogP) is 5.33. The molecule has 100 valence electrons. The quantitative estimate of drug-likeness (QED) is 0.651. The fourth-order valence-corrected chi connectivity index (χ4v) is 2.25. The van der Waals surface area contributed by atoms with Crippen molar-refractivity contribution in [3.05, 3.63) is 58.6 Å². The summed E-state index contributed by atoms with van der Waals surface area (Å²) >= 11 is 12.1. The van der Waals surface area contributed by atoms with E-state index in [1.165, 1.54) is 0 Å². The summed E-state index contributed by atoms with van der Waals surface area (Å²) in [6.07, 6.45) is 0. The summed E-state index contributed by atoms with van der Waals surface area (Å²) in [5.74, 6) is 0.360. The summed E-state index contributed by atoms with van der Waals surface area (Å²) in [6, 6.07) is 10.2. The molecule has 3 rings (SSSR count). The van der Waals surface area contributed by atoms with Crippen LogP contribution in [-0.2, 0) is 0 Å². The summed E-state index contributed by atoms with van der Waals surface area (Å²) in [7, 11) is 0. The van der Waals surface area contributed by atoms with Crippen LogP contribution < -0.4 is 0 Å². The zero-order chi connectivity index (χ0) is 14.3. The average Bonchev–Trinajstić information content (AvgIpc) is 2.83. The molecule has 20 heavy (non-hydrogen) atoms. The number of halogens is 2. The van der Waals surface area contributed by atoms with Gasteiger partial charge in [0.05, 0.1) is 10.6 Å². The average molecular weight is 306 g/mol. The lowest BCUT2D eigenvalue weighted by molar-refractivity contribution is 0.513. The highest BCUT2D eigenvalue weighted by Crippen LogP contribution is 2.32. The number of oxazole rings is 1. The Kier molecular flexibility index (Phi) is 3.16. The molecule has 0 saturated heterocycles. The monoisotopic (exact) mass is 305 g/mol. The van der Waals surface area contributed by atoms with Crippen LogP contribution in [-0.4, -0.2) is 10.1 Å². The van der Waals surface area contributed by atoms with Gasteiger partial charge in [-0.25, -0.2) is 4.98 Å². The summed E-state index contributed by atoms with van der Waals surface area (Å²) < 4.78 is 5.67. The fourth-order valence-electron chi connectivity index (χ4n) is 1.88. The minimum Gasteiger partial charge on any atom is -0.508 e. The van der Waals surface area contributed by atoms with Crippen LogP contribution >= 0.6 is 23.2 Å². The van der Waals surface area contributed by atoms with Gasteiger partial charge in [0.15, 0.2) is 5.58 Å². The third-order valence-electron chi connectivity index (χ3n) is 2.88. The van der Waals surface area contributed by atoms with E-state index >= 15 is 0 Å². The van der Waals surface area contributed by atoms with Crippen LogP contribution in [0.25, 0.3) is 28.3 Å². The molecule has 3 aromatic rings. The van der Waals surface area contributed by atoms with Gasteiger partial charge in [0.2, 0.25) is 5.89 Å². The summed E-state index contributed by atoms with van der Waals surface area (Å²) in [6.45, 7) is 3.48. The minimum atomic E-state index is -0.0226. The second-order valence-corrected chi connectivity index (χ2v) is 5.12. The first kappa shape index (κ1) is 13.0. The molecule has 0 aliphatic carbocycles. The molecular formula is C15H9Cl2NO2. The third kappa shape index (κ3) is 2.26. The fraction of sp³-hybridized carbons (Fsp3) is 0. The number of aliphatic hydroxyl groups is 1. The Morgan fingerprint density at radius 3 is 2.70 bits per heavy atom.